The Morgan fingerprint density at radius 3 is 3.00 bits per heavy atom. The predicted molar refractivity (Wildman–Crippen MR) is 97.8 cm³/mol. The Balaban J connectivity index is 1.57. The number of aromatic amines is 1. The number of hydrogen-bond acceptors (Lipinski definition) is 5. The number of fused-ring (bicyclic) bond motifs is 2. The predicted octanol–water partition coefficient (Wildman–Crippen LogP) is 2.95. The van der Waals surface area contributed by atoms with Crippen LogP contribution in [0.1, 0.15) is 32.0 Å². The zero-order valence-electron chi connectivity index (χ0n) is 14.6. The van der Waals surface area contributed by atoms with E-state index in [1.54, 1.807) is 10.7 Å². The molecule has 0 saturated carbocycles. The third kappa shape index (κ3) is 2.93. The van der Waals surface area contributed by atoms with Crippen LogP contribution in [0.3, 0.4) is 0 Å². The van der Waals surface area contributed by atoms with Gasteiger partial charge in [-0.2, -0.15) is 14.6 Å². The molecule has 0 amide bonds. The molecular formula is C18H21N7. The zero-order valence-corrected chi connectivity index (χ0v) is 14.6. The van der Waals surface area contributed by atoms with Crippen LogP contribution < -0.4 is 5.32 Å². The molecule has 0 aliphatic carbocycles. The van der Waals surface area contributed by atoms with Gasteiger partial charge in [-0.05, 0) is 18.1 Å². The lowest BCUT2D eigenvalue weighted by Crippen LogP contribution is -2.17. The molecule has 2 N–H and O–H groups in total. The van der Waals surface area contributed by atoms with Crippen molar-refractivity contribution < 1.29 is 0 Å². The highest BCUT2D eigenvalue weighted by Gasteiger charge is 2.18. The van der Waals surface area contributed by atoms with E-state index in [0.717, 1.165) is 30.0 Å². The third-order valence-electron chi connectivity index (χ3n) is 4.29. The van der Waals surface area contributed by atoms with Gasteiger partial charge in [-0.15, -0.1) is 0 Å². The first-order valence-electron chi connectivity index (χ1n) is 8.37. The van der Waals surface area contributed by atoms with E-state index in [9.17, 15) is 0 Å². The van der Waals surface area contributed by atoms with E-state index in [4.69, 9.17) is 0 Å². The van der Waals surface area contributed by atoms with Crippen molar-refractivity contribution >= 4 is 22.5 Å². The molecule has 0 bridgehead atoms. The van der Waals surface area contributed by atoms with Gasteiger partial charge in [0.1, 0.15) is 12.1 Å². The van der Waals surface area contributed by atoms with Gasteiger partial charge in [-0.3, -0.25) is 4.98 Å². The van der Waals surface area contributed by atoms with Gasteiger partial charge in [-0.1, -0.05) is 20.8 Å². The lowest BCUT2D eigenvalue weighted by Gasteiger charge is -2.19. The minimum Gasteiger partial charge on any atom is -0.370 e. The summed E-state index contributed by atoms with van der Waals surface area (Å²) in [5.74, 6) is 1.52. The van der Waals surface area contributed by atoms with Crippen molar-refractivity contribution in [3.05, 3.63) is 48.3 Å². The Bertz CT molecular complexity index is 1020. The molecule has 4 heterocycles. The van der Waals surface area contributed by atoms with Gasteiger partial charge in [0.2, 0.25) is 0 Å². The molecule has 0 unspecified atom stereocenters. The maximum Gasteiger partial charge on any atom is 0.254 e. The number of anilines is 1. The second-order valence-electron chi connectivity index (χ2n) is 7.16. The van der Waals surface area contributed by atoms with Crippen LogP contribution in [0.4, 0.5) is 5.82 Å². The molecule has 0 radical (unpaired) electrons. The number of hydrogen-bond donors (Lipinski definition) is 2. The van der Waals surface area contributed by atoms with Crippen molar-refractivity contribution in [2.24, 2.45) is 0 Å². The van der Waals surface area contributed by atoms with Gasteiger partial charge in [0.25, 0.3) is 5.78 Å². The van der Waals surface area contributed by atoms with E-state index in [-0.39, 0.29) is 5.41 Å². The fourth-order valence-electron chi connectivity index (χ4n) is 2.87. The minimum atomic E-state index is -0.0490. The molecule has 0 saturated heterocycles. The summed E-state index contributed by atoms with van der Waals surface area (Å²) in [5, 5.41) is 8.91. The SMILES string of the molecule is CC(C)(C)c1cc(NCCc2c[nH]c3ccncc23)n2ncnc2n1. The first kappa shape index (κ1) is 15.6. The van der Waals surface area contributed by atoms with Gasteiger partial charge in [0, 0.05) is 47.5 Å². The number of aromatic nitrogens is 6. The molecule has 0 aromatic carbocycles. The van der Waals surface area contributed by atoms with Crippen molar-refractivity contribution in [2.75, 3.05) is 11.9 Å². The maximum absolute atomic E-state index is 4.60. The summed E-state index contributed by atoms with van der Waals surface area (Å²) < 4.78 is 1.74. The van der Waals surface area contributed by atoms with Gasteiger partial charge in [0.05, 0.1) is 5.69 Å². The summed E-state index contributed by atoms with van der Waals surface area (Å²) in [6, 6.07) is 4.04. The molecule has 0 aliphatic heterocycles. The van der Waals surface area contributed by atoms with Crippen LogP contribution in [0.25, 0.3) is 16.7 Å². The zero-order chi connectivity index (χ0) is 17.4. The lowest BCUT2D eigenvalue weighted by molar-refractivity contribution is 0.568. The van der Waals surface area contributed by atoms with Crippen LogP contribution >= 0.6 is 0 Å². The highest BCUT2D eigenvalue weighted by atomic mass is 15.3. The first-order chi connectivity index (χ1) is 12.0. The summed E-state index contributed by atoms with van der Waals surface area (Å²) in [5.41, 5.74) is 3.30. The minimum absolute atomic E-state index is 0.0490. The molecule has 4 aromatic rings. The Kier molecular flexibility index (Phi) is 3.63. The summed E-state index contributed by atoms with van der Waals surface area (Å²) in [7, 11) is 0. The maximum atomic E-state index is 4.60. The smallest absolute Gasteiger partial charge is 0.254 e. The van der Waals surface area contributed by atoms with E-state index in [1.807, 2.05) is 18.5 Å². The molecule has 4 rings (SSSR count). The molecule has 128 valence electrons. The molecule has 0 aliphatic rings. The third-order valence-corrected chi connectivity index (χ3v) is 4.29. The van der Waals surface area contributed by atoms with Crippen LogP contribution in [0.5, 0.6) is 0 Å². The standard InChI is InChI=1S/C18H21N7/c1-18(2,3)15-8-16(25-17(24-15)22-11-23-25)20-7-4-12-9-21-14-5-6-19-10-13(12)14/h5-6,8-11,20-21H,4,7H2,1-3H3. The number of H-pyrrole nitrogens is 1. The second kappa shape index (κ2) is 5.84. The van der Waals surface area contributed by atoms with Crippen molar-refractivity contribution in [3.8, 4) is 0 Å². The Morgan fingerprint density at radius 1 is 1.28 bits per heavy atom. The molecule has 4 aromatic heterocycles. The summed E-state index contributed by atoms with van der Waals surface area (Å²) in [6.45, 7) is 7.21. The normalized spacial score (nSPS) is 12.1. The Hall–Kier alpha value is -2.96. The van der Waals surface area contributed by atoms with Crippen LogP contribution in [0, 0.1) is 0 Å². The van der Waals surface area contributed by atoms with Crippen molar-refractivity contribution in [3.63, 3.8) is 0 Å². The van der Waals surface area contributed by atoms with Crippen LogP contribution in [0.15, 0.2) is 37.1 Å². The summed E-state index contributed by atoms with van der Waals surface area (Å²) in [4.78, 5) is 16.3. The van der Waals surface area contributed by atoms with Crippen LogP contribution in [-0.4, -0.2) is 36.1 Å². The molecule has 0 atom stereocenters. The summed E-state index contributed by atoms with van der Waals surface area (Å²) in [6.07, 6.45) is 8.17. The molecule has 7 nitrogen and oxygen atoms in total. The number of rotatable bonds is 4. The highest BCUT2D eigenvalue weighted by Crippen LogP contribution is 2.23. The largest absolute Gasteiger partial charge is 0.370 e. The van der Waals surface area contributed by atoms with E-state index < -0.39 is 0 Å². The van der Waals surface area contributed by atoms with Gasteiger partial charge in [0.15, 0.2) is 0 Å². The topological polar surface area (TPSA) is 83.8 Å². The average Bonchev–Trinajstić information content (AvgIpc) is 3.21. The van der Waals surface area contributed by atoms with Crippen LogP contribution in [-0.2, 0) is 11.8 Å². The van der Waals surface area contributed by atoms with E-state index in [2.05, 4.69) is 57.2 Å². The van der Waals surface area contributed by atoms with Gasteiger partial charge >= 0.3 is 0 Å². The van der Waals surface area contributed by atoms with Crippen molar-refractivity contribution in [1.29, 1.82) is 0 Å². The average molecular weight is 335 g/mol. The molecule has 25 heavy (non-hydrogen) atoms. The molecular weight excluding hydrogens is 314 g/mol. The first-order valence-corrected chi connectivity index (χ1v) is 8.37. The second-order valence-corrected chi connectivity index (χ2v) is 7.16. The summed E-state index contributed by atoms with van der Waals surface area (Å²) >= 11 is 0. The Labute approximate surface area is 145 Å². The fourth-order valence-corrected chi connectivity index (χ4v) is 2.87. The lowest BCUT2D eigenvalue weighted by atomic mass is 9.92. The van der Waals surface area contributed by atoms with Crippen molar-refractivity contribution in [1.82, 2.24) is 29.5 Å². The van der Waals surface area contributed by atoms with E-state index in [0.29, 0.717) is 5.78 Å². The highest BCUT2D eigenvalue weighted by molar-refractivity contribution is 5.82. The number of pyridine rings is 1. The monoisotopic (exact) mass is 335 g/mol. The van der Waals surface area contributed by atoms with Gasteiger partial charge < -0.3 is 10.3 Å². The number of nitrogens with one attached hydrogen (secondary N) is 2. The van der Waals surface area contributed by atoms with Crippen molar-refractivity contribution in [2.45, 2.75) is 32.6 Å². The van der Waals surface area contributed by atoms with E-state index in [1.165, 1.54) is 17.3 Å². The molecule has 0 fully saturated rings. The van der Waals surface area contributed by atoms with E-state index >= 15 is 0 Å². The quantitative estimate of drug-likeness (QED) is 0.599. The fraction of sp³-hybridized carbons (Fsp3) is 0.333. The number of nitrogens with zero attached hydrogens (tertiary/aromatic N) is 5. The Morgan fingerprint density at radius 2 is 2.16 bits per heavy atom. The molecule has 0 spiro atoms. The van der Waals surface area contributed by atoms with Gasteiger partial charge in [-0.25, -0.2) is 4.98 Å². The molecule has 7 heteroatoms. The van der Waals surface area contributed by atoms with Crippen LogP contribution in [0.2, 0.25) is 0 Å².